The number of aromatic nitrogens is 4. The van der Waals surface area contributed by atoms with Gasteiger partial charge in [-0.25, -0.2) is 14.3 Å². The van der Waals surface area contributed by atoms with Crippen LogP contribution in [0.4, 0.5) is 18.9 Å². The minimum Gasteiger partial charge on any atom is -0.383 e. The minimum absolute atomic E-state index is 0.0331. The van der Waals surface area contributed by atoms with Gasteiger partial charge in [-0.2, -0.15) is 13.2 Å². The second-order valence-corrected chi connectivity index (χ2v) is 8.52. The molecule has 0 N–H and O–H groups in total. The number of methoxy groups -OCH3 is 1. The molecule has 0 saturated carbocycles. The van der Waals surface area contributed by atoms with E-state index in [-0.39, 0.29) is 36.9 Å². The van der Waals surface area contributed by atoms with Crippen molar-refractivity contribution in [3.8, 4) is 0 Å². The van der Waals surface area contributed by atoms with E-state index in [0.29, 0.717) is 23.1 Å². The Labute approximate surface area is 198 Å². The molecule has 1 aliphatic rings. The molecule has 1 atom stereocenters. The maximum atomic E-state index is 13.8. The van der Waals surface area contributed by atoms with Crippen molar-refractivity contribution >= 4 is 22.8 Å². The third-order valence-electron chi connectivity index (χ3n) is 6.10. The number of imidazole rings is 1. The number of anilines is 1. The molecule has 4 rings (SSSR count). The molecule has 0 fully saturated rings. The van der Waals surface area contributed by atoms with E-state index in [1.165, 1.54) is 12.0 Å². The quantitative estimate of drug-likeness (QED) is 0.504. The highest BCUT2D eigenvalue weighted by Gasteiger charge is 2.39. The van der Waals surface area contributed by atoms with E-state index in [4.69, 9.17) is 4.74 Å². The van der Waals surface area contributed by atoms with Crippen molar-refractivity contribution in [2.45, 2.75) is 58.5 Å². The fraction of sp³-hybridized carbons (Fsp3) is 0.478. The summed E-state index contributed by atoms with van der Waals surface area (Å²) in [6.45, 7) is 2.62. The average molecular weight is 493 g/mol. The Morgan fingerprint density at radius 3 is 2.51 bits per heavy atom. The molecular formula is C23H26F3N5O4. The average Bonchev–Trinajstić information content (AvgIpc) is 3.35. The van der Waals surface area contributed by atoms with Gasteiger partial charge in [0, 0.05) is 31.9 Å². The van der Waals surface area contributed by atoms with Crippen LogP contribution >= 0.6 is 0 Å². The fourth-order valence-electron chi connectivity index (χ4n) is 4.63. The number of halogens is 3. The van der Waals surface area contributed by atoms with Crippen molar-refractivity contribution in [1.29, 1.82) is 0 Å². The van der Waals surface area contributed by atoms with Crippen LogP contribution in [0.25, 0.3) is 11.2 Å². The zero-order valence-corrected chi connectivity index (χ0v) is 19.6. The third-order valence-corrected chi connectivity index (χ3v) is 6.10. The molecule has 0 aliphatic carbocycles. The molecule has 1 amide bonds. The summed E-state index contributed by atoms with van der Waals surface area (Å²) < 4.78 is 48.7. The normalized spacial score (nSPS) is 15.7. The fourth-order valence-corrected chi connectivity index (χ4v) is 4.63. The van der Waals surface area contributed by atoms with Gasteiger partial charge in [0.05, 0.1) is 6.61 Å². The number of nitrogens with zero attached hydrogens (tertiary/aromatic N) is 5. The first kappa shape index (κ1) is 24.7. The Morgan fingerprint density at radius 2 is 1.86 bits per heavy atom. The molecule has 35 heavy (non-hydrogen) atoms. The highest BCUT2D eigenvalue weighted by atomic mass is 19.4. The van der Waals surface area contributed by atoms with Crippen molar-refractivity contribution in [3.63, 3.8) is 0 Å². The number of hydrogen-bond donors (Lipinski definition) is 0. The summed E-state index contributed by atoms with van der Waals surface area (Å²) in [7, 11) is 1.32. The zero-order chi connectivity index (χ0) is 25.5. The predicted octanol–water partition coefficient (Wildman–Crippen LogP) is 2.41. The van der Waals surface area contributed by atoms with E-state index in [1.807, 2.05) is 19.1 Å². The highest BCUT2D eigenvalue weighted by molar-refractivity contribution is 5.96. The number of alkyl halides is 3. The highest BCUT2D eigenvalue weighted by Crippen LogP contribution is 2.32. The molecule has 0 spiro atoms. The van der Waals surface area contributed by atoms with Crippen molar-refractivity contribution in [1.82, 2.24) is 18.7 Å². The van der Waals surface area contributed by atoms with Crippen molar-refractivity contribution in [2.75, 3.05) is 18.6 Å². The maximum Gasteiger partial charge on any atom is 0.449 e. The summed E-state index contributed by atoms with van der Waals surface area (Å²) in [5, 5.41) is 0. The molecule has 3 aromatic rings. The van der Waals surface area contributed by atoms with Crippen LogP contribution in [-0.2, 0) is 41.8 Å². The van der Waals surface area contributed by atoms with Crippen LogP contribution in [-0.4, -0.2) is 44.4 Å². The maximum absolute atomic E-state index is 13.8. The van der Waals surface area contributed by atoms with Crippen LogP contribution < -0.4 is 16.1 Å². The van der Waals surface area contributed by atoms with Crippen LogP contribution in [0, 0.1) is 0 Å². The van der Waals surface area contributed by atoms with E-state index >= 15 is 0 Å². The van der Waals surface area contributed by atoms with Crippen LogP contribution in [0.2, 0.25) is 0 Å². The van der Waals surface area contributed by atoms with Crippen LogP contribution in [0.15, 0.2) is 33.9 Å². The Hall–Kier alpha value is -3.41. The van der Waals surface area contributed by atoms with E-state index in [9.17, 15) is 27.6 Å². The predicted molar refractivity (Wildman–Crippen MR) is 123 cm³/mol. The molecule has 2 aromatic heterocycles. The van der Waals surface area contributed by atoms with Gasteiger partial charge in [-0.05, 0) is 31.4 Å². The summed E-state index contributed by atoms with van der Waals surface area (Å²) in [6.07, 6.45) is -3.83. The van der Waals surface area contributed by atoms with Crippen LogP contribution in [0.3, 0.4) is 0 Å². The second-order valence-electron chi connectivity index (χ2n) is 8.52. The smallest absolute Gasteiger partial charge is 0.383 e. The second kappa shape index (κ2) is 9.33. The molecule has 0 unspecified atom stereocenters. The summed E-state index contributed by atoms with van der Waals surface area (Å²) in [5.41, 5.74) is -0.948. The molecule has 3 heterocycles. The lowest BCUT2D eigenvalue weighted by Crippen LogP contribution is -2.46. The third kappa shape index (κ3) is 4.26. The summed E-state index contributed by atoms with van der Waals surface area (Å²) in [4.78, 5) is 45.2. The Bertz CT molecular complexity index is 1390. The van der Waals surface area contributed by atoms with Gasteiger partial charge in [0.25, 0.3) is 5.56 Å². The van der Waals surface area contributed by atoms with Gasteiger partial charge in [-0.15, -0.1) is 0 Å². The van der Waals surface area contributed by atoms with E-state index in [0.717, 1.165) is 14.7 Å². The molecule has 1 aliphatic heterocycles. The van der Waals surface area contributed by atoms with Crippen molar-refractivity contribution < 1.29 is 22.7 Å². The molecule has 9 nitrogen and oxygen atoms in total. The van der Waals surface area contributed by atoms with Gasteiger partial charge < -0.3 is 14.2 Å². The zero-order valence-electron chi connectivity index (χ0n) is 19.6. The number of carbonyl (C=O) groups is 1. The number of aryl methyl sites for hydroxylation is 1. The first-order valence-electron chi connectivity index (χ1n) is 11.3. The number of hydrogen-bond acceptors (Lipinski definition) is 5. The molecular weight excluding hydrogens is 467 g/mol. The van der Waals surface area contributed by atoms with Gasteiger partial charge >= 0.3 is 11.9 Å². The molecule has 0 radical (unpaired) electrons. The van der Waals surface area contributed by atoms with Gasteiger partial charge in [0.15, 0.2) is 11.2 Å². The van der Waals surface area contributed by atoms with Crippen LogP contribution in [0.5, 0.6) is 0 Å². The number of fused-ring (bicyclic) bond motifs is 2. The molecule has 0 bridgehead atoms. The number of ether oxygens (including phenoxy) is 1. The van der Waals surface area contributed by atoms with Gasteiger partial charge in [0.2, 0.25) is 11.7 Å². The largest absolute Gasteiger partial charge is 0.449 e. The number of para-hydroxylation sites is 1. The Balaban J connectivity index is 1.89. The summed E-state index contributed by atoms with van der Waals surface area (Å²) in [5.74, 6) is -1.79. The van der Waals surface area contributed by atoms with Gasteiger partial charge in [-0.1, -0.05) is 25.1 Å². The van der Waals surface area contributed by atoms with Crippen molar-refractivity contribution in [2.24, 2.45) is 0 Å². The standard InChI is InChI=1S/C23H26F3N5O4/c1-4-9-29-19-18(28(10-11-35-3)21(27-19)23(24,25)26)20(33)30(22(29)34)13-17(32)31-14(2)12-15-7-5-6-8-16(15)31/h5-8,14H,4,9-13H2,1-3H3/t14-/m1/s1. The van der Waals surface area contributed by atoms with E-state index in [1.54, 1.807) is 19.1 Å². The molecule has 1 aromatic carbocycles. The summed E-state index contributed by atoms with van der Waals surface area (Å²) >= 11 is 0. The molecule has 12 heteroatoms. The number of amides is 1. The summed E-state index contributed by atoms with van der Waals surface area (Å²) in [6, 6.07) is 7.14. The molecule has 0 saturated heterocycles. The number of rotatable bonds is 7. The van der Waals surface area contributed by atoms with Crippen LogP contribution in [0.1, 0.15) is 31.7 Å². The lowest BCUT2D eigenvalue weighted by atomic mass is 10.1. The SMILES string of the molecule is CCCn1c(=O)n(CC(=O)N2c3ccccc3C[C@H]2C)c(=O)c2c1nc(C(F)(F)F)n2CCOC. The van der Waals surface area contributed by atoms with Gasteiger partial charge in [0.1, 0.15) is 6.54 Å². The van der Waals surface area contributed by atoms with E-state index < -0.39 is 35.7 Å². The molecule has 188 valence electrons. The van der Waals surface area contributed by atoms with E-state index in [2.05, 4.69) is 4.98 Å². The monoisotopic (exact) mass is 493 g/mol. The van der Waals surface area contributed by atoms with Gasteiger partial charge in [-0.3, -0.25) is 14.2 Å². The van der Waals surface area contributed by atoms with Crippen molar-refractivity contribution in [3.05, 3.63) is 56.5 Å². The Morgan fingerprint density at radius 1 is 1.14 bits per heavy atom. The lowest BCUT2D eigenvalue weighted by molar-refractivity contribution is -0.147. The number of benzene rings is 1. The lowest BCUT2D eigenvalue weighted by Gasteiger charge is -2.23. The topological polar surface area (TPSA) is 91.4 Å². The minimum atomic E-state index is -4.86. The first-order chi connectivity index (χ1) is 16.6. The Kier molecular flexibility index (Phi) is 6.58. The number of carbonyl (C=O) groups excluding carboxylic acids is 1. The first-order valence-corrected chi connectivity index (χ1v) is 11.3.